The summed E-state index contributed by atoms with van der Waals surface area (Å²) < 4.78 is 0. The zero-order valence-corrected chi connectivity index (χ0v) is 7.55. The number of hydrogen-bond donors (Lipinski definition) is 1. The average molecular weight is 168 g/mol. The highest BCUT2D eigenvalue weighted by atomic mass is 16.2. The summed E-state index contributed by atoms with van der Waals surface area (Å²) in [5, 5.41) is 3.31. The number of carbonyl (C=O) groups excluding carboxylic acids is 1. The van der Waals surface area contributed by atoms with E-state index in [1.807, 2.05) is 11.9 Å². The van der Waals surface area contributed by atoms with Crippen LogP contribution in [0.1, 0.15) is 25.7 Å². The topological polar surface area (TPSA) is 32.3 Å². The molecule has 0 bridgehead atoms. The highest BCUT2D eigenvalue weighted by Gasteiger charge is 2.34. The molecule has 1 heterocycles. The van der Waals surface area contributed by atoms with Gasteiger partial charge in [-0.15, -0.1) is 0 Å². The van der Waals surface area contributed by atoms with Crippen molar-refractivity contribution in [2.24, 2.45) is 0 Å². The number of fused-ring (bicyclic) bond motifs is 1. The van der Waals surface area contributed by atoms with Crippen molar-refractivity contribution in [3.05, 3.63) is 0 Å². The maximum absolute atomic E-state index is 11.3. The molecule has 1 amide bonds. The minimum atomic E-state index is 0.248. The van der Waals surface area contributed by atoms with E-state index in [1.54, 1.807) is 0 Å². The number of carbonyl (C=O) groups is 1. The summed E-state index contributed by atoms with van der Waals surface area (Å²) in [5.41, 5.74) is 0. The molecule has 1 N–H and O–H groups in total. The van der Waals surface area contributed by atoms with Gasteiger partial charge in [0, 0.05) is 19.1 Å². The molecule has 68 valence electrons. The highest BCUT2D eigenvalue weighted by molar-refractivity contribution is 5.79. The van der Waals surface area contributed by atoms with E-state index < -0.39 is 0 Å². The maximum Gasteiger partial charge on any atom is 0.236 e. The number of hydrogen-bond acceptors (Lipinski definition) is 2. The van der Waals surface area contributed by atoms with Gasteiger partial charge in [0.1, 0.15) is 0 Å². The number of rotatable bonds is 0. The number of amides is 1. The second-order valence-electron chi connectivity index (χ2n) is 3.84. The fraction of sp³-hybridized carbons (Fsp3) is 0.889. The summed E-state index contributed by atoms with van der Waals surface area (Å²) >= 11 is 0. The Morgan fingerprint density at radius 2 is 2.17 bits per heavy atom. The van der Waals surface area contributed by atoms with Gasteiger partial charge < -0.3 is 10.2 Å². The van der Waals surface area contributed by atoms with Crippen LogP contribution in [0.3, 0.4) is 0 Å². The molecule has 0 unspecified atom stereocenters. The summed E-state index contributed by atoms with van der Waals surface area (Å²) in [6, 6.07) is 1.04. The van der Waals surface area contributed by atoms with Crippen molar-refractivity contribution in [2.45, 2.75) is 37.8 Å². The third kappa shape index (κ3) is 1.22. The van der Waals surface area contributed by atoms with Gasteiger partial charge in [0.25, 0.3) is 0 Å². The first-order valence-corrected chi connectivity index (χ1v) is 4.78. The van der Waals surface area contributed by atoms with Crippen LogP contribution in [0.25, 0.3) is 0 Å². The minimum Gasteiger partial charge on any atom is -0.340 e. The van der Waals surface area contributed by atoms with Gasteiger partial charge in [-0.3, -0.25) is 4.79 Å². The van der Waals surface area contributed by atoms with Crippen molar-refractivity contribution in [1.82, 2.24) is 10.2 Å². The van der Waals surface area contributed by atoms with E-state index in [2.05, 4.69) is 5.32 Å². The maximum atomic E-state index is 11.3. The molecule has 2 atom stereocenters. The molecule has 2 rings (SSSR count). The standard InChI is InChI=1S/C9H16N2O/c1-11-8-5-3-2-4-7(8)10-6-9(11)12/h7-8,10H,2-6H2,1H3/t7-,8-/m1/s1. The van der Waals surface area contributed by atoms with Crippen LogP contribution in [0.2, 0.25) is 0 Å². The van der Waals surface area contributed by atoms with Gasteiger partial charge in [0.05, 0.1) is 6.54 Å². The third-order valence-corrected chi connectivity index (χ3v) is 3.14. The van der Waals surface area contributed by atoms with Crippen LogP contribution < -0.4 is 5.32 Å². The first-order valence-electron chi connectivity index (χ1n) is 4.78. The van der Waals surface area contributed by atoms with E-state index in [1.165, 1.54) is 25.7 Å². The van der Waals surface area contributed by atoms with Crippen molar-refractivity contribution < 1.29 is 4.79 Å². The van der Waals surface area contributed by atoms with Crippen LogP contribution in [0.4, 0.5) is 0 Å². The monoisotopic (exact) mass is 168 g/mol. The Hall–Kier alpha value is -0.570. The minimum absolute atomic E-state index is 0.248. The van der Waals surface area contributed by atoms with Gasteiger partial charge in [-0.2, -0.15) is 0 Å². The molecule has 3 nitrogen and oxygen atoms in total. The molecule has 0 aromatic rings. The summed E-state index contributed by atoms with van der Waals surface area (Å²) in [4.78, 5) is 13.2. The van der Waals surface area contributed by atoms with Crippen LogP contribution in [-0.4, -0.2) is 36.5 Å². The molecule has 2 fully saturated rings. The molecule has 12 heavy (non-hydrogen) atoms. The molecule has 0 aromatic heterocycles. The van der Waals surface area contributed by atoms with Crippen molar-refractivity contribution in [1.29, 1.82) is 0 Å². The van der Waals surface area contributed by atoms with Crippen LogP contribution in [0.5, 0.6) is 0 Å². The normalized spacial score (nSPS) is 36.4. The molecule has 1 aliphatic carbocycles. The lowest BCUT2D eigenvalue weighted by Crippen LogP contribution is -2.60. The van der Waals surface area contributed by atoms with Crippen molar-refractivity contribution in [2.75, 3.05) is 13.6 Å². The molecule has 0 aromatic carbocycles. The molecule has 1 aliphatic heterocycles. The third-order valence-electron chi connectivity index (χ3n) is 3.14. The molecule has 0 spiro atoms. The lowest BCUT2D eigenvalue weighted by Gasteiger charge is -2.42. The number of nitrogens with zero attached hydrogens (tertiary/aromatic N) is 1. The lowest BCUT2D eigenvalue weighted by atomic mass is 9.88. The Bertz CT molecular complexity index is 193. The van der Waals surface area contributed by atoms with Gasteiger partial charge in [-0.05, 0) is 12.8 Å². The number of nitrogens with one attached hydrogen (secondary N) is 1. The van der Waals surface area contributed by atoms with E-state index in [4.69, 9.17) is 0 Å². The first kappa shape index (κ1) is 8.05. The summed E-state index contributed by atoms with van der Waals surface area (Å²) in [6.45, 7) is 0.539. The Labute approximate surface area is 73.1 Å². The Kier molecular flexibility index (Phi) is 2.05. The van der Waals surface area contributed by atoms with Crippen LogP contribution in [0.15, 0.2) is 0 Å². The summed E-state index contributed by atoms with van der Waals surface area (Å²) in [6.07, 6.45) is 5.01. The molecule has 2 aliphatic rings. The summed E-state index contributed by atoms with van der Waals surface area (Å²) in [7, 11) is 1.94. The first-order chi connectivity index (χ1) is 5.79. The zero-order valence-electron chi connectivity index (χ0n) is 7.55. The number of piperazine rings is 1. The number of likely N-dealkylation sites (N-methyl/N-ethyl adjacent to an activating group) is 1. The Balaban J connectivity index is 2.08. The second-order valence-corrected chi connectivity index (χ2v) is 3.84. The quantitative estimate of drug-likeness (QED) is 0.566. The van der Waals surface area contributed by atoms with E-state index in [9.17, 15) is 4.79 Å². The highest BCUT2D eigenvalue weighted by Crippen LogP contribution is 2.24. The SMILES string of the molecule is CN1C(=O)CN[C@@H]2CCCC[C@H]21. The van der Waals surface area contributed by atoms with Crippen molar-refractivity contribution >= 4 is 5.91 Å². The average Bonchev–Trinajstić information content (AvgIpc) is 2.12. The predicted molar refractivity (Wildman–Crippen MR) is 46.8 cm³/mol. The van der Waals surface area contributed by atoms with Crippen molar-refractivity contribution in [3.63, 3.8) is 0 Å². The van der Waals surface area contributed by atoms with Crippen LogP contribution in [0, 0.1) is 0 Å². The van der Waals surface area contributed by atoms with Crippen LogP contribution in [-0.2, 0) is 4.79 Å². The van der Waals surface area contributed by atoms with E-state index in [0.29, 0.717) is 18.6 Å². The van der Waals surface area contributed by atoms with Gasteiger partial charge >= 0.3 is 0 Å². The molecule has 1 saturated carbocycles. The van der Waals surface area contributed by atoms with E-state index in [-0.39, 0.29) is 5.91 Å². The fourth-order valence-electron chi connectivity index (χ4n) is 2.34. The van der Waals surface area contributed by atoms with Gasteiger partial charge in [0.15, 0.2) is 0 Å². The van der Waals surface area contributed by atoms with Gasteiger partial charge in [-0.1, -0.05) is 12.8 Å². The van der Waals surface area contributed by atoms with Crippen molar-refractivity contribution in [3.8, 4) is 0 Å². The zero-order chi connectivity index (χ0) is 8.55. The molecular formula is C9H16N2O. The summed E-state index contributed by atoms with van der Waals surface area (Å²) in [5.74, 6) is 0.248. The molecule has 3 heteroatoms. The van der Waals surface area contributed by atoms with E-state index in [0.717, 1.165) is 0 Å². The van der Waals surface area contributed by atoms with E-state index >= 15 is 0 Å². The molecule has 0 radical (unpaired) electrons. The Morgan fingerprint density at radius 3 is 3.00 bits per heavy atom. The van der Waals surface area contributed by atoms with Gasteiger partial charge in [-0.25, -0.2) is 0 Å². The Morgan fingerprint density at radius 1 is 1.42 bits per heavy atom. The molecule has 1 saturated heterocycles. The van der Waals surface area contributed by atoms with Crippen LogP contribution >= 0.6 is 0 Å². The fourth-order valence-corrected chi connectivity index (χ4v) is 2.34. The smallest absolute Gasteiger partial charge is 0.236 e. The predicted octanol–water partition coefficient (Wildman–Crippen LogP) is 0.359. The van der Waals surface area contributed by atoms with Gasteiger partial charge in [0.2, 0.25) is 5.91 Å². The largest absolute Gasteiger partial charge is 0.340 e. The molecular weight excluding hydrogens is 152 g/mol. The second kappa shape index (κ2) is 3.05. The lowest BCUT2D eigenvalue weighted by molar-refractivity contribution is -0.135.